The lowest BCUT2D eigenvalue weighted by molar-refractivity contribution is 0.859. The molecule has 3 rings (SSSR count). The monoisotopic (exact) mass is 259 g/mol. The van der Waals surface area contributed by atoms with Gasteiger partial charge in [-0.3, -0.25) is 0 Å². The smallest absolute Gasteiger partial charge is 0.00285 e. The molecule has 0 heteroatoms. The highest BCUT2D eigenvalue weighted by Gasteiger charge is 2.09. The van der Waals surface area contributed by atoms with E-state index in [9.17, 15) is 0 Å². The van der Waals surface area contributed by atoms with Gasteiger partial charge in [0.1, 0.15) is 0 Å². The maximum atomic E-state index is 2.25. The molecule has 0 nitrogen and oxygen atoms in total. The Morgan fingerprint density at radius 1 is 0.750 bits per heavy atom. The molecular formula is C20H19. The van der Waals surface area contributed by atoms with Crippen LogP contribution in [0.25, 0.3) is 10.8 Å². The van der Waals surface area contributed by atoms with Crippen LogP contribution in [-0.2, 0) is 6.42 Å². The summed E-state index contributed by atoms with van der Waals surface area (Å²) in [4.78, 5) is 0. The fraction of sp³-hybridized carbons (Fsp3) is 0.150. The number of aryl methyl sites for hydroxylation is 1. The standard InChI is InChI=1S/C20H19/c1-16(14-15-17-8-3-2-4-9-17)19-13-7-11-18-10-5-6-12-20(18)19/h2-13H,14-15H2,1H3. The quantitative estimate of drug-likeness (QED) is 0.587. The minimum atomic E-state index is 1.11. The van der Waals surface area contributed by atoms with Crippen LogP contribution in [-0.4, -0.2) is 0 Å². The molecule has 0 heterocycles. The van der Waals surface area contributed by atoms with Crippen LogP contribution < -0.4 is 0 Å². The lowest BCUT2D eigenvalue weighted by Crippen LogP contribution is -1.98. The molecule has 3 aromatic carbocycles. The Bertz CT molecular complexity index is 677. The van der Waals surface area contributed by atoms with Gasteiger partial charge in [0.05, 0.1) is 0 Å². The Kier molecular flexibility index (Phi) is 3.83. The lowest BCUT2D eigenvalue weighted by atomic mass is 9.90. The molecule has 0 bridgehead atoms. The second-order valence-corrected chi connectivity index (χ2v) is 5.29. The SMILES string of the molecule is C[C](CCc1ccccc1)c1cccc2ccccc12. The molecule has 0 aromatic heterocycles. The summed E-state index contributed by atoms with van der Waals surface area (Å²) < 4.78 is 0. The summed E-state index contributed by atoms with van der Waals surface area (Å²) in [6.45, 7) is 2.25. The van der Waals surface area contributed by atoms with Crippen LogP contribution in [0.4, 0.5) is 0 Å². The summed E-state index contributed by atoms with van der Waals surface area (Å²) in [6.07, 6.45) is 2.22. The molecule has 0 atom stereocenters. The van der Waals surface area contributed by atoms with Crippen LogP contribution in [0.5, 0.6) is 0 Å². The first-order chi connectivity index (χ1) is 9.84. The van der Waals surface area contributed by atoms with Crippen LogP contribution in [0, 0.1) is 5.92 Å². The van der Waals surface area contributed by atoms with Crippen LogP contribution in [0.15, 0.2) is 72.8 Å². The number of hydrogen-bond acceptors (Lipinski definition) is 0. The van der Waals surface area contributed by atoms with E-state index in [1.165, 1.54) is 27.8 Å². The van der Waals surface area contributed by atoms with Crippen LogP contribution in [0.2, 0.25) is 0 Å². The Balaban J connectivity index is 1.80. The van der Waals surface area contributed by atoms with Gasteiger partial charge in [-0.15, -0.1) is 0 Å². The van der Waals surface area contributed by atoms with E-state index < -0.39 is 0 Å². The van der Waals surface area contributed by atoms with Gasteiger partial charge in [-0.05, 0) is 34.7 Å². The van der Waals surface area contributed by atoms with Crippen molar-refractivity contribution < 1.29 is 0 Å². The van der Waals surface area contributed by atoms with Crippen molar-refractivity contribution in [1.82, 2.24) is 0 Å². The second-order valence-electron chi connectivity index (χ2n) is 5.29. The van der Waals surface area contributed by atoms with Gasteiger partial charge in [0, 0.05) is 5.92 Å². The molecule has 0 saturated heterocycles. The number of fused-ring (bicyclic) bond motifs is 1. The van der Waals surface area contributed by atoms with E-state index in [1.54, 1.807) is 0 Å². The highest BCUT2D eigenvalue weighted by atomic mass is 14.1. The van der Waals surface area contributed by atoms with E-state index in [0.717, 1.165) is 12.8 Å². The molecule has 1 radical (unpaired) electrons. The second kappa shape index (κ2) is 5.92. The van der Waals surface area contributed by atoms with Crippen molar-refractivity contribution in [1.29, 1.82) is 0 Å². The summed E-state index contributed by atoms with van der Waals surface area (Å²) >= 11 is 0. The largest absolute Gasteiger partial charge is 0.0622 e. The Hall–Kier alpha value is -2.08. The topological polar surface area (TPSA) is 0 Å². The Morgan fingerprint density at radius 2 is 1.45 bits per heavy atom. The molecule has 3 aromatic rings. The minimum Gasteiger partial charge on any atom is -0.0622 e. The zero-order chi connectivity index (χ0) is 13.8. The van der Waals surface area contributed by atoms with Gasteiger partial charge in [0.15, 0.2) is 0 Å². The summed E-state index contributed by atoms with van der Waals surface area (Å²) in [6, 6.07) is 25.9. The van der Waals surface area contributed by atoms with Gasteiger partial charge in [-0.2, -0.15) is 0 Å². The maximum Gasteiger partial charge on any atom is 0.00285 e. The van der Waals surface area contributed by atoms with Crippen molar-refractivity contribution in [2.45, 2.75) is 19.8 Å². The van der Waals surface area contributed by atoms with Crippen molar-refractivity contribution >= 4 is 10.8 Å². The maximum absolute atomic E-state index is 2.25. The fourth-order valence-corrected chi connectivity index (χ4v) is 2.71. The van der Waals surface area contributed by atoms with Gasteiger partial charge in [0.2, 0.25) is 0 Å². The molecule has 0 aliphatic heterocycles. The lowest BCUT2D eigenvalue weighted by Gasteiger charge is -2.14. The fourth-order valence-electron chi connectivity index (χ4n) is 2.71. The molecule has 0 saturated carbocycles. The predicted molar refractivity (Wildman–Crippen MR) is 86.7 cm³/mol. The van der Waals surface area contributed by atoms with E-state index in [-0.39, 0.29) is 0 Å². The first-order valence-corrected chi connectivity index (χ1v) is 7.19. The average Bonchev–Trinajstić information content (AvgIpc) is 2.53. The summed E-state index contributed by atoms with van der Waals surface area (Å²) in [7, 11) is 0. The van der Waals surface area contributed by atoms with E-state index >= 15 is 0 Å². The Morgan fingerprint density at radius 3 is 2.30 bits per heavy atom. The molecule has 99 valence electrons. The Labute approximate surface area is 121 Å². The van der Waals surface area contributed by atoms with Gasteiger partial charge in [-0.1, -0.05) is 79.7 Å². The molecule has 0 unspecified atom stereocenters. The molecule has 0 amide bonds. The normalized spacial score (nSPS) is 11.1. The highest BCUT2D eigenvalue weighted by Crippen LogP contribution is 2.27. The molecular weight excluding hydrogens is 240 g/mol. The van der Waals surface area contributed by atoms with Crippen molar-refractivity contribution in [3.63, 3.8) is 0 Å². The first kappa shape index (κ1) is 12.9. The van der Waals surface area contributed by atoms with E-state index in [4.69, 9.17) is 0 Å². The highest BCUT2D eigenvalue weighted by molar-refractivity contribution is 5.87. The number of hydrogen-bond donors (Lipinski definition) is 0. The van der Waals surface area contributed by atoms with Crippen LogP contribution in [0.1, 0.15) is 24.5 Å². The molecule has 20 heavy (non-hydrogen) atoms. The van der Waals surface area contributed by atoms with Crippen molar-refractivity contribution in [2.24, 2.45) is 0 Å². The molecule has 0 aliphatic carbocycles. The van der Waals surface area contributed by atoms with Crippen molar-refractivity contribution in [3.8, 4) is 0 Å². The van der Waals surface area contributed by atoms with Gasteiger partial charge < -0.3 is 0 Å². The van der Waals surface area contributed by atoms with Crippen LogP contribution >= 0.6 is 0 Å². The zero-order valence-electron chi connectivity index (χ0n) is 11.8. The van der Waals surface area contributed by atoms with Gasteiger partial charge in [0.25, 0.3) is 0 Å². The molecule has 0 aliphatic rings. The summed E-state index contributed by atoms with van der Waals surface area (Å²) in [5.41, 5.74) is 2.80. The molecule has 0 N–H and O–H groups in total. The van der Waals surface area contributed by atoms with E-state index in [1.807, 2.05) is 0 Å². The summed E-state index contributed by atoms with van der Waals surface area (Å²) in [5, 5.41) is 2.68. The first-order valence-electron chi connectivity index (χ1n) is 7.19. The van der Waals surface area contributed by atoms with Gasteiger partial charge in [-0.25, -0.2) is 0 Å². The summed E-state index contributed by atoms with van der Waals surface area (Å²) in [5.74, 6) is 1.46. The van der Waals surface area contributed by atoms with E-state index in [0.29, 0.717) is 0 Å². The van der Waals surface area contributed by atoms with Crippen molar-refractivity contribution in [2.75, 3.05) is 0 Å². The zero-order valence-corrected chi connectivity index (χ0v) is 11.8. The molecule has 0 spiro atoms. The minimum absolute atomic E-state index is 1.11. The number of rotatable bonds is 4. The third-order valence-electron chi connectivity index (χ3n) is 3.88. The predicted octanol–water partition coefficient (Wildman–Crippen LogP) is 5.42. The average molecular weight is 259 g/mol. The molecule has 0 fully saturated rings. The van der Waals surface area contributed by atoms with Gasteiger partial charge >= 0.3 is 0 Å². The van der Waals surface area contributed by atoms with Crippen molar-refractivity contribution in [3.05, 3.63) is 89.8 Å². The van der Waals surface area contributed by atoms with Crippen LogP contribution in [0.3, 0.4) is 0 Å². The third-order valence-corrected chi connectivity index (χ3v) is 3.88. The van der Waals surface area contributed by atoms with E-state index in [2.05, 4.69) is 79.7 Å². The number of benzene rings is 3. The third kappa shape index (κ3) is 2.75.